The number of ether oxygens (including phenoxy) is 1. The number of carbonyl (C=O) groups excluding carboxylic acids is 2. The van der Waals surface area contributed by atoms with Crippen molar-refractivity contribution in [2.45, 2.75) is 45.5 Å². The zero-order valence-electron chi connectivity index (χ0n) is 21.1. The molecule has 4 rings (SSSR count). The third-order valence-electron chi connectivity index (χ3n) is 6.34. The molecule has 1 fully saturated rings. The molecular weight excluding hydrogens is 499 g/mol. The van der Waals surface area contributed by atoms with Crippen molar-refractivity contribution in [2.24, 2.45) is 0 Å². The van der Waals surface area contributed by atoms with E-state index in [1.807, 2.05) is 26.8 Å². The number of ketones is 1. The van der Waals surface area contributed by atoms with Crippen molar-refractivity contribution in [3.05, 3.63) is 94.6 Å². The van der Waals surface area contributed by atoms with Crippen LogP contribution in [0.4, 0.5) is 18.9 Å². The first-order chi connectivity index (χ1) is 17.7. The van der Waals surface area contributed by atoms with Crippen LogP contribution in [0, 0.1) is 6.92 Å². The Labute approximate surface area is 217 Å². The van der Waals surface area contributed by atoms with Gasteiger partial charge >= 0.3 is 6.36 Å². The molecule has 0 radical (unpaired) electrons. The van der Waals surface area contributed by atoms with Gasteiger partial charge in [0.05, 0.1) is 11.6 Å². The Kier molecular flexibility index (Phi) is 6.73. The third kappa shape index (κ3) is 5.22. The predicted octanol–water partition coefficient (Wildman–Crippen LogP) is 6.52. The summed E-state index contributed by atoms with van der Waals surface area (Å²) in [6, 6.07) is 14.6. The van der Waals surface area contributed by atoms with Gasteiger partial charge in [-0.15, -0.1) is 13.2 Å². The molecule has 1 aliphatic heterocycles. The lowest BCUT2D eigenvalue weighted by Crippen LogP contribution is -2.29. The van der Waals surface area contributed by atoms with Crippen LogP contribution in [0.15, 0.2) is 72.3 Å². The van der Waals surface area contributed by atoms with Gasteiger partial charge < -0.3 is 14.9 Å². The van der Waals surface area contributed by atoms with Gasteiger partial charge in [0.15, 0.2) is 0 Å². The fraction of sp³-hybridized carbons (Fsp3) is 0.241. The van der Waals surface area contributed by atoms with E-state index in [2.05, 4.69) is 4.74 Å². The van der Waals surface area contributed by atoms with Crippen molar-refractivity contribution >= 4 is 23.1 Å². The molecule has 38 heavy (non-hydrogen) atoms. The first-order valence-corrected chi connectivity index (χ1v) is 11.7. The molecule has 3 aromatic carbocycles. The molecule has 198 valence electrons. The standard InChI is InChI=1S/C29H26F3NO5/c1-16-8-11-18(28(2,3)4)14-22(16)25(35)23-24(17-9-12-20(34)13-10-17)33(27(37)26(23)36)19-6-5-7-21(15-19)38-29(30,31)32/h5-15,24,34-35H,1-4H3/b25-23+. The van der Waals surface area contributed by atoms with Crippen LogP contribution in [0.3, 0.4) is 0 Å². The number of hydrogen-bond donors (Lipinski definition) is 2. The lowest BCUT2D eigenvalue weighted by atomic mass is 9.84. The van der Waals surface area contributed by atoms with Crippen molar-refractivity contribution in [2.75, 3.05) is 4.90 Å². The van der Waals surface area contributed by atoms with E-state index in [0.29, 0.717) is 16.7 Å². The maximum Gasteiger partial charge on any atom is 0.573 e. The Morgan fingerprint density at radius 2 is 1.61 bits per heavy atom. The number of amides is 1. The average molecular weight is 526 g/mol. The summed E-state index contributed by atoms with van der Waals surface area (Å²) in [5, 5.41) is 21.3. The summed E-state index contributed by atoms with van der Waals surface area (Å²) >= 11 is 0. The number of Topliss-reactive ketones (excluding diaryl/α,β-unsaturated/α-hetero) is 1. The van der Waals surface area contributed by atoms with Crippen molar-refractivity contribution < 1.29 is 37.7 Å². The number of phenolic OH excluding ortho intramolecular Hbond substituents is 1. The fourth-order valence-electron chi connectivity index (χ4n) is 4.39. The minimum atomic E-state index is -4.96. The molecule has 1 amide bonds. The van der Waals surface area contributed by atoms with Crippen LogP contribution in [-0.4, -0.2) is 28.3 Å². The van der Waals surface area contributed by atoms with E-state index >= 15 is 0 Å². The number of nitrogens with zero attached hydrogens (tertiary/aromatic N) is 1. The zero-order valence-corrected chi connectivity index (χ0v) is 21.1. The number of phenols is 1. The number of aliphatic hydroxyl groups is 1. The summed E-state index contributed by atoms with van der Waals surface area (Å²) in [5.74, 6) is -3.08. The number of carbonyl (C=O) groups is 2. The number of rotatable bonds is 4. The van der Waals surface area contributed by atoms with E-state index in [-0.39, 0.29) is 22.4 Å². The molecular formula is C29H26F3NO5. The van der Waals surface area contributed by atoms with Gasteiger partial charge in [0.2, 0.25) is 0 Å². The van der Waals surface area contributed by atoms with Crippen LogP contribution in [-0.2, 0) is 15.0 Å². The Bertz CT molecular complexity index is 1440. The van der Waals surface area contributed by atoms with Gasteiger partial charge in [-0.1, -0.05) is 51.1 Å². The van der Waals surface area contributed by atoms with Crippen molar-refractivity contribution in [3.8, 4) is 11.5 Å². The number of halogens is 3. The average Bonchev–Trinajstić information content (AvgIpc) is 3.08. The maximum absolute atomic E-state index is 13.4. The first-order valence-electron chi connectivity index (χ1n) is 11.7. The molecule has 0 spiro atoms. The maximum atomic E-state index is 13.4. The highest BCUT2D eigenvalue weighted by atomic mass is 19.4. The van der Waals surface area contributed by atoms with Crippen molar-refractivity contribution in [1.29, 1.82) is 0 Å². The highest BCUT2D eigenvalue weighted by molar-refractivity contribution is 6.51. The molecule has 0 aliphatic carbocycles. The summed E-state index contributed by atoms with van der Waals surface area (Å²) in [5.41, 5.74) is 1.72. The normalized spacial score (nSPS) is 17.7. The zero-order chi connectivity index (χ0) is 28.0. The number of benzene rings is 3. The molecule has 9 heteroatoms. The minimum Gasteiger partial charge on any atom is -0.508 e. The SMILES string of the molecule is Cc1ccc(C(C)(C)C)cc1/C(O)=C1\C(=O)C(=O)N(c2cccc(OC(F)(F)F)c2)C1c1ccc(O)cc1. The summed E-state index contributed by atoms with van der Waals surface area (Å²) in [4.78, 5) is 27.7. The summed E-state index contributed by atoms with van der Waals surface area (Å²) in [7, 11) is 0. The highest BCUT2D eigenvalue weighted by Crippen LogP contribution is 2.44. The second-order valence-corrected chi connectivity index (χ2v) is 10.1. The number of anilines is 1. The van der Waals surface area contributed by atoms with Crippen LogP contribution >= 0.6 is 0 Å². The molecule has 1 unspecified atom stereocenters. The number of alkyl halides is 3. The van der Waals surface area contributed by atoms with E-state index in [4.69, 9.17) is 0 Å². The van der Waals surface area contributed by atoms with Crippen LogP contribution in [0.1, 0.15) is 49.1 Å². The molecule has 1 aliphatic rings. The summed E-state index contributed by atoms with van der Waals surface area (Å²) < 4.78 is 42.6. The molecule has 0 bridgehead atoms. The number of aryl methyl sites for hydroxylation is 1. The van der Waals surface area contributed by atoms with E-state index in [1.54, 1.807) is 19.1 Å². The van der Waals surface area contributed by atoms with Crippen LogP contribution in [0.25, 0.3) is 5.76 Å². The lowest BCUT2D eigenvalue weighted by molar-refractivity contribution is -0.274. The Balaban J connectivity index is 1.94. The molecule has 1 heterocycles. The van der Waals surface area contributed by atoms with Gasteiger partial charge in [-0.05, 0) is 59.4 Å². The highest BCUT2D eigenvalue weighted by Gasteiger charge is 2.47. The molecule has 0 saturated carbocycles. The van der Waals surface area contributed by atoms with Gasteiger partial charge in [0, 0.05) is 17.3 Å². The topological polar surface area (TPSA) is 87.1 Å². The summed E-state index contributed by atoms with van der Waals surface area (Å²) in [6.07, 6.45) is -4.96. The molecule has 2 N–H and O–H groups in total. The van der Waals surface area contributed by atoms with E-state index in [9.17, 15) is 33.0 Å². The van der Waals surface area contributed by atoms with Crippen molar-refractivity contribution in [3.63, 3.8) is 0 Å². The molecule has 6 nitrogen and oxygen atoms in total. The van der Waals surface area contributed by atoms with E-state index in [0.717, 1.165) is 22.6 Å². The first kappa shape index (κ1) is 26.8. The van der Waals surface area contributed by atoms with Gasteiger partial charge in [-0.25, -0.2) is 0 Å². The van der Waals surface area contributed by atoms with Crippen LogP contribution in [0.5, 0.6) is 11.5 Å². The van der Waals surface area contributed by atoms with Gasteiger partial charge in [0.25, 0.3) is 11.7 Å². The number of aromatic hydroxyl groups is 1. The number of hydrogen-bond acceptors (Lipinski definition) is 5. The Hall–Kier alpha value is -4.27. The number of aliphatic hydroxyl groups excluding tert-OH is 1. The van der Waals surface area contributed by atoms with Gasteiger partial charge in [-0.3, -0.25) is 14.5 Å². The second-order valence-electron chi connectivity index (χ2n) is 10.1. The minimum absolute atomic E-state index is 0.0360. The second kappa shape index (κ2) is 9.55. The predicted molar refractivity (Wildman–Crippen MR) is 136 cm³/mol. The van der Waals surface area contributed by atoms with E-state index < -0.39 is 35.6 Å². The molecule has 1 atom stereocenters. The smallest absolute Gasteiger partial charge is 0.508 e. The molecule has 0 aromatic heterocycles. The van der Waals surface area contributed by atoms with Crippen LogP contribution in [0.2, 0.25) is 0 Å². The molecule has 3 aromatic rings. The van der Waals surface area contributed by atoms with E-state index in [1.165, 1.54) is 36.4 Å². The largest absolute Gasteiger partial charge is 0.573 e. The molecule has 1 saturated heterocycles. The summed E-state index contributed by atoms with van der Waals surface area (Å²) in [6.45, 7) is 7.73. The third-order valence-corrected chi connectivity index (χ3v) is 6.34. The Morgan fingerprint density at radius 3 is 2.21 bits per heavy atom. The van der Waals surface area contributed by atoms with Crippen molar-refractivity contribution in [1.82, 2.24) is 0 Å². The van der Waals surface area contributed by atoms with Gasteiger partial charge in [-0.2, -0.15) is 0 Å². The lowest BCUT2D eigenvalue weighted by Gasteiger charge is -2.26. The monoisotopic (exact) mass is 525 g/mol. The Morgan fingerprint density at radius 1 is 0.947 bits per heavy atom. The van der Waals surface area contributed by atoms with Crippen LogP contribution < -0.4 is 9.64 Å². The quantitative estimate of drug-likeness (QED) is 0.230. The van der Waals surface area contributed by atoms with Gasteiger partial charge in [0.1, 0.15) is 17.3 Å². The fourth-order valence-corrected chi connectivity index (χ4v) is 4.39.